The number of ketones is 1. The van der Waals surface area contributed by atoms with Crippen LogP contribution in [0.2, 0.25) is 0 Å². The molecule has 1 aromatic carbocycles. The Morgan fingerprint density at radius 1 is 1.26 bits per heavy atom. The van der Waals surface area contributed by atoms with Crippen molar-refractivity contribution in [1.82, 2.24) is 5.32 Å². The molecule has 1 N–H and O–H groups in total. The third-order valence-corrected chi connectivity index (χ3v) is 4.67. The number of carbonyl (C=O) groups is 2. The minimum atomic E-state index is -0.325. The lowest BCUT2D eigenvalue weighted by Gasteiger charge is -2.27. The molecule has 1 aromatic heterocycles. The van der Waals surface area contributed by atoms with E-state index in [2.05, 4.69) is 5.32 Å². The lowest BCUT2D eigenvalue weighted by Crippen LogP contribution is -2.26. The van der Waals surface area contributed by atoms with Crippen LogP contribution in [0.5, 0.6) is 5.75 Å². The zero-order valence-corrected chi connectivity index (χ0v) is 15.9. The van der Waals surface area contributed by atoms with E-state index in [9.17, 15) is 14.0 Å². The van der Waals surface area contributed by atoms with Gasteiger partial charge in [0.05, 0.1) is 12.2 Å². The summed E-state index contributed by atoms with van der Waals surface area (Å²) in [6.45, 7) is 6.60. The minimum Gasteiger partial charge on any atom is -0.494 e. The highest BCUT2D eigenvalue weighted by Crippen LogP contribution is 2.38. The summed E-state index contributed by atoms with van der Waals surface area (Å²) < 4.78 is 24.1. The molecule has 144 valence electrons. The zero-order valence-electron chi connectivity index (χ0n) is 15.9. The summed E-state index contributed by atoms with van der Waals surface area (Å²) in [7, 11) is 0. The summed E-state index contributed by atoms with van der Waals surface area (Å²) in [5.74, 6) is 0.805. The summed E-state index contributed by atoms with van der Waals surface area (Å²) in [6, 6.07) is 5.79. The van der Waals surface area contributed by atoms with Crippen molar-refractivity contribution in [2.45, 2.75) is 40.0 Å². The number of benzene rings is 1. The molecule has 1 aliphatic rings. The van der Waals surface area contributed by atoms with E-state index in [0.29, 0.717) is 55.1 Å². The van der Waals surface area contributed by atoms with Crippen molar-refractivity contribution in [3.8, 4) is 5.75 Å². The number of furan rings is 1. The molecule has 2 aromatic rings. The summed E-state index contributed by atoms with van der Waals surface area (Å²) in [4.78, 5) is 24.8. The van der Waals surface area contributed by atoms with Gasteiger partial charge in [-0.1, -0.05) is 13.8 Å². The fourth-order valence-corrected chi connectivity index (χ4v) is 3.37. The van der Waals surface area contributed by atoms with Gasteiger partial charge in [0.15, 0.2) is 11.5 Å². The predicted octanol–water partition coefficient (Wildman–Crippen LogP) is 4.08. The molecule has 3 rings (SSSR count). The fraction of sp³-hybridized carbons (Fsp3) is 0.429. The second-order valence-electron chi connectivity index (χ2n) is 7.71. The molecule has 6 heteroatoms. The van der Waals surface area contributed by atoms with E-state index in [1.165, 1.54) is 12.1 Å². The average Bonchev–Trinajstić information content (AvgIpc) is 2.91. The predicted molar refractivity (Wildman–Crippen MR) is 98.7 cm³/mol. The lowest BCUT2D eigenvalue weighted by molar-refractivity contribution is 0.0888. The Balaban J connectivity index is 1.53. The van der Waals surface area contributed by atoms with Crippen LogP contribution < -0.4 is 10.1 Å². The van der Waals surface area contributed by atoms with Crippen LogP contribution in [0.25, 0.3) is 0 Å². The van der Waals surface area contributed by atoms with Gasteiger partial charge in [0.25, 0.3) is 5.91 Å². The van der Waals surface area contributed by atoms with Crippen LogP contribution in [-0.4, -0.2) is 24.8 Å². The summed E-state index contributed by atoms with van der Waals surface area (Å²) in [5, 5.41) is 2.80. The Bertz CT molecular complexity index is 852. The highest BCUT2D eigenvalue weighted by Gasteiger charge is 2.36. The van der Waals surface area contributed by atoms with Crippen molar-refractivity contribution in [2.75, 3.05) is 13.2 Å². The first-order valence-electron chi connectivity index (χ1n) is 9.09. The number of amides is 1. The van der Waals surface area contributed by atoms with Gasteiger partial charge in [-0.05, 0) is 43.0 Å². The van der Waals surface area contributed by atoms with Crippen molar-refractivity contribution in [1.29, 1.82) is 0 Å². The van der Waals surface area contributed by atoms with Crippen LogP contribution in [0.15, 0.2) is 28.7 Å². The monoisotopic (exact) mass is 373 g/mol. The Hall–Kier alpha value is -2.63. The third-order valence-electron chi connectivity index (χ3n) is 4.67. The van der Waals surface area contributed by atoms with E-state index in [1.807, 2.05) is 13.8 Å². The van der Waals surface area contributed by atoms with Gasteiger partial charge >= 0.3 is 0 Å². The molecule has 1 heterocycles. The van der Waals surface area contributed by atoms with Gasteiger partial charge in [-0.3, -0.25) is 9.59 Å². The standard InChI is InChI=1S/C21H24FNO4/c1-13-18-16(24)11-21(2,3)12-17(18)27-19(13)20(25)23-9-4-10-26-15-7-5-14(22)6-8-15/h5-8H,4,9-12H2,1-3H3,(H,23,25). The Morgan fingerprint density at radius 3 is 2.67 bits per heavy atom. The Morgan fingerprint density at radius 2 is 1.96 bits per heavy atom. The van der Waals surface area contributed by atoms with Crippen LogP contribution >= 0.6 is 0 Å². The first kappa shape index (κ1) is 19.1. The van der Waals surface area contributed by atoms with E-state index < -0.39 is 0 Å². The highest BCUT2D eigenvalue weighted by atomic mass is 19.1. The summed E-state index contributed by atoms with van der Waals surface area (Å²) in [5.41, 5.74) is 1.03. The van der Waals surface area contributed by atoms with E-state index in [-0.39, 0.29) is 28.7 Å². The molecular formula is C21H24FNO4. The van der Waals surface area contributed by atoms with Gasteiger partial charge in [-0.15, -0.1) is 0 Å². The van der Waals surface area contributed by atoms with Crippen molar-refractivity contribution in [2.24, 2.45) is 5.41 Å². The number of halogens is 1. The van der Waals surface area contributed by atoms with Crippen LogP contribution in [0, 0.1) is 18.2 Å². The van der Waals surface area contributed by atoms with Gasteiger partial charge in [-0.2, -0.15) is 0 Å². The molecule has 0 atom stereocenters. The second kappa shape index (κ2) is 7.55. The third kappa shape index (κ3) is 4.38. The van der Waals surface area contributed by atoms with E-state index in [1.54, 1.807) is 19.1 Å². The van der Waals surface area contributed by atoms with Gasteiger partial charge in [0.1, 0.15) is 17.3 Å². The quantitative estimate of drug-likeness (QED) is 0.775. The Labute approximate surface area is 157 Å². The SMILES string of the molecule is Cc1c(C(=O)NCCCOc2ccc(F)cc2)oc2c1C(=O)CC(C)(C)C2. The number of fused-ring (bicyclic) bond motifs is 1. The summed E-state index contributed by atoms with van der Waals surface area (Å²) >= 11 is 0. The molecule has 0 saturated heterocycles. The topological polar surface area (TPSA) is 68.5 Å². The molecular weight excluding hydrogens is 349 g/mol. The van der Waals surface area contributed by atoms with Crippen LogP contribution in [0.3, 0.4) is 0 Å². The molecule has 1 aliphatic carbocycles. The fourth-order valence-electron chi connectivity index (χ4n) is 3.37. The van der Waals surface area contributed by atoms with Crippen molar-refractivity contribution >= 4 is 11.7 Å². The lowest BCUT2D eigenvalue weighted by atomic mass is 9.76. The van der Waals surface area contributed by atoms with Crippen LogP contribution in [0.1, 0.15) is 58.9 Å². The Kier molecular flexibility index (Phi) is 5.35. The number of carbonyl (C=O) groups excluding carboxylic acids is 2. The average molecular weight is 373 g/mol. The maximum absolute atomic E-state index is 12.8. The molecule has 0 unspecified atom stereocenters. The second-order valence-corrected chi connectivity index (χ2v) is 7.71. The summed E-state index contributed by atoms with van der Waals surface area (Å²) in [6.07, 6.45) is 1.70. The number of hydrogen-bond acceptors (Lipinski definition) is 4. The molecule has 0 saturated carbocycles. The van der Waals surface area contributed by atoms with Crippen molar-refractivity contribution < 1.29 is 23.1 Å². The highest BCUT2D eigenvalue weighted by molar-refractivity contribution is 6.03. The normalized spacial score (nSPS) is 15.3. The molecule has 0 fully saturated rings. The molecule has 0 aliphatic heterocycles. The maximum Gasteiger partial charge on any atom is 0.287 e. The van der Waals surface area contributed by atoms with E-state index in [4.69, 9.17) is 9.15 Å². The number of ether oxygens (including phenoxy) is 1. The van der Waals surface area contributed by atoms with Crippen molar-refractivity contribution in [3.05, 3.63) is 52.7 Å². The van der Waals surface area contributed by atoms with Crippen LogP contribution in [-0.2, 0) is 6.42 Å². The van der Waals surface area contributed by atoms with Gasteiger partial charge in [0, 0.05) is 24.9 Å². The molecule has 0 radical (unpaired) electrons. The number of nitrogens with one attached hydrogen (secondary N) is 1. The van der Waals surface area contributed by atoms with E-state index in [0.717, 1.165) is 0 Å². The van der Waals surface area contributed by atoms with Gasteiger partial charge < -0.3 is 14.5 Å². The largest absolute Gasteiger partial charge is 0.494 e. The van der Waals surface area contributed by atoms with Gasteiger partial charge in [0.2, 0.25) is 0 Å². The molecule has 1 amide bonds. The van der Waals surface area contributed by atoms with Crippen LogP contribution in [0.4, 0.5) is 4.39 Å². The number of rotatable bonds is 6. The zero-order chi connectivity index (χ0) is 19.6. The number of hydrogen-bond donors (Lipinski definition) is 1. The number of Topliss-reactive ketones (excluding diaryl/α,β-unsaturated/α-hetero) is 1. The maximum atomic E-state index is 12.8. The molecule has 0 spiro atoms. The smallest absolute Gasteiger partial charge is 0.287 e. The molecule has 27 heavy (non-hydrogen) atoms. The molecule has 0 bridgehead atoms. The van der Waals surface area contributed by atoms with E-state index >= 15 is 0 Å². The van der Waals surface area contributed by atoms with Gasteiger partial charge in [-0.25, -0.2) is 4.39 Å². The minimum absolute atomic E-state index is 0.0363. The first-order valence-corrected chi connectivity index (χ1v) is 9.09. The first-order chi connectivity index (χ1) is 12.8. The van der Waals surface area contributed by atoms with Crippen molar-refractivity contribution in [3.63, 3.8) is 0 Å². The molecule has 5 nitrogen and oxygen atoms in total.